The molecule has 0 radical (unpaired) electrons. The maximum atomic E-state index is 11.7. The zero-order valence-corrected chi connectivity index (χ0v) is 12.1. The molecule has 0 unspecified atom stereocenters. The normalized spacial score (nSPS) is 10.8. The Kier molecular flexibility index (Phi) is 5.37. The molecule has 0 saturated carbocycles. The van der Waals surface area contributed by atoms with E-state index in [1.54, 1.807) is 18.5 Å². The van der Waals surface area contributed by atoms with E-state index in [4.69, 9.17) is 0 Å². The molecule has 2 aromatic heterocycles. The molecule has 6 heteroatoms. The number of hydrogen-bond donors (Lipinski definition) is 1. The molecular weight excluding hydrogens is 272 g/mol. The fraction of sp³-hybridized carbons (Fsp3) is 0.286. The maximum absolute atomic E-state index is 11.7. The highest BCUT2D eigenvalue weighted by Crippen LogP contribution is 2.17. The molecule has 2 aromatic rings. The van der Waals surface area contributed by atoms with Crippen LogP contribution in [0.3, 0.4) is 0 Å². The highest BCUT2D eigenvalue weighted by Gasteiger charge is 2.05. The van der Waals surface area contributed by atoms with Crippen LogP contribution in [0, 0.1) is 0 Å². The van der Waals surface area contributed by atoms with E-state index in [0.717, 1.165) is 29.8 Å². The first-order valence-corrected chi connectivity index (χ1v) is 7.31. The van der Waals surface area contributed by atoms with Gasteiger partial charge in [-0.15, -0.1) is 10.2 Å². The van der Waals surface area contributed by atoms with Crippen LogP contribution in [0.1, 0.15) is 30.3 Å². The van der Waals surface area contributed by atoms with Gasteiger partial charge in [-0.3, -0.25) is 15.1 Å². The second kappa shape index (κ2) is 7.49. The Morgan fingerprint density at radius 2 is 2.35 bits per heavy atom. The number of unbranched alkanes of at least 4 members (excludes halogenated alkanes) is 1. The van der Waals surface area contributed by atoms with E-state index in [2.05, 4.69) is 27.4 Å². The van der Waals surface area contributed by atoms with Crippen LogP contribution in [0.15, 0.2) is 30.6 Å². The van der Waals surface area contributed by atoms with Gasteiger partial charge in [0, 0.05) is 24.9 Å². The van der Waals surface area contributed by atoms with Crippen LogP contribution in [-0.2, 0) is 11.2 Å². The molecule has 1 amide bonds. The zero-order chi connectivity index (χ0) is 14.2. The van der Waals surface area contributed by atoms with Crippen LogP contribution in [0.5, 0.6) is 0 Å². The van der Waals surface area contributed by atoms with Crippen molar-refractivity contribution in [1.29, 1.82) is 0 Å². The van der Waals surface area contributed by atoms with E-state index < -0.39 is 0 Å². The number of carbonyl (C=O) groups is 1. The van der Waals surface area contributed by atoms with Crippen LogP contribution >= 0.6 is 11.3 Å². The molecule has 2 heterocycles. The van der Waals surface area contributed by atoms with Gasteiger partial charge in [0.1, 0.15) is 5.01 Å². The summed E-state index contributed by atoms with van der Waals surface area (Å²) in [5.74, 6) is -0.216. The third kappa shape index (κ3) is 4.55. The summed E-state index contributed by atoms with van der Waals surface area (Å²) in [6, 6.07) is 3.70. The van der Waals surface area contributed by atoms with Crippen molar-refractivity contribution >= 4 is 28.5 Å². The Morgan fingerprint density at radius 1 is 1.45 bits per heavy atom. The number of aromatic nitrogens is 3. The predicted molar refractivity (Wildman–Crippen MR) is 80.4 cm³/mol. The summed E-state index contributed by atoms with van der Waals surface area (Å²) in [6.45, 7) is 2.13. The Balaban J connectivity index is 1.88. The number of anilines is 1. The Morgan fingerprint density at radius 3 is 3.10 bits per heavy atom. The van der Waals surface area contributed by atoms with Crippen LogP contribution < -0.4 is 5.32 Å². The van der Waals surface area contributed by atoms with E-state index in [1.807, 2.05) is 12.1 Å². The molecular formula is C14H16N4OS. The Bertz CT molecular complexity index is 580. The lowest BCUT2D eigenvalue weighted by atomic mass is 10.2. The van der Waals surface area contributed by atoms with Crippen molar-refractivity contribution in [2.24, 2.45) is 0 Å². The summed E-state index contributed by atoms with van der Waals surface area (Å²) in [5, 5.41) is 12.2. The highest BCUT2D eigenvalue weighted by molar-refractivity contribution is 7.15. The molecule has 0 saturated heterocycles. The third-order valence-electron chi connectivity index (χ3n) is 2.55. The largest absolute Gasteiger partial charge is 0.297 e. The van der Waals surface area contributed by atoms with E-state index >= 15 is 0 Å². The van der Waals surface area contributed by atoms with Crippen LogP contribution in [0.25, 0.3) is 6.08 Å². The second-order valence-corrected chi connectivity index (χ2v) is 5.28. The van der Waals surface area contributed by atoms with Gasteiger partial charge in [0.2, 0.25) is 11.0 Å². The smallest absolute Gasteiger partial charge is 0.250 e. The average Bonchev–Trinajstić information content (AvgIpc) is 2.91. The SMILES string of the molecule is CCCCc1nnc(NC(=O)/C=C/c2cccnc2)s1. The minimum Gasteiger partial charge on any atom is -0.297 e. The molecule has 5 nitrogen and oxygen atoms in total. The molecule has 0 spiro atoms. The summed E-state index contributed by atoms with van der Waals surface area (Å²) in [6.07, 6.45) is 9.67. The molecule has 0 aromatic carbocycles. The molecule has 20 heavy (non-hydrogen) atoms. The van der Waals surface area contributed by atoms with Gasteiger partial charge in [-0.05, 0) is 24.1 Å². The topological polar surface area (TPSA) is 67.8 Å². The van der Waals surface area contributed by atoms with Crippen molar-refractivity contribution < 1.29 is 4.79 Å². The molecule has 0 atom stereocenters. The summed E-state index contributed by atoms with van der Waals surface area (Å²) in [4.78, 5) is 15.7. The Labute approximate surface area is 121 Å². The molecule has 0 fully saturated rings. The minimum atomic E-state index is -0.216. The maximum Gasteiger partial charge on any atom is 0.250 e. The summed E-state index contributed by atoms with van der Waals surface area (Å²) >= 11 is 1.42. The molecule has 0 aliphatic rings. The van der Waals surface area contributed by atoms with E-state index in [9.17, 15) is 4.79 Å². The molecule has 0 bridgehead atoms. The first kappa shape index (κ1) is 14.3. The van der Waals surface area contributed by atoms with Gasteiger partial charge in [-0.2, -0.15) is 0 Å². The number of carbonyl (C=O) groups excluding carboxylic acids is 1. The quantitative estimate of drug-likeness (QED) is 0.830. The van der Waals surface area contributed by atoms with Crippen molar-refractivity contribution in [3.8, 4) is 0 Å². The first-order valence-electron chi connectivity index (χ1n) is 6.49. The van der Waals surface area contributed by atoms with Gasteiger partial charge in [-0.25, -0.2) is 0 Å². The number of nitrogens with zero attached hydrogens (tertiary/aromatic N) is 3. The second-order valence-electron chi connectivity index (χ2n) is 4.21. The number of amides is 1. The zero-order valence-electron chi connectivity index (χ0n) is 11.2. The molecule has 0 aliphatic carbocycles. The third-order valence-corrected chi connectivity index (χ3v) is 3.45. The van der Waals surface area contributed by atoms with Crippen molar-refractivity contribution in [2.45, 2.75) is 26.2 Å². The van der Waals surface area contributed by atoms with E-state index in [0.29, 0.717) is 5.13 Å². The van der Waals surface area contributed by atoms with Crippen molar-refractivity contribution in [1.82, 2.24) is 15.2 Å². The van der Waals surface area contributed by atoms with Gasteiger partial charge in [0.15, 0.2) is 0 Å². The van der Waals surface area contributed by atoms with E-state index in [1.165, 1.54) is 17.4 Å². The Hall–Kier alpha value is -2.08. The van der Waals surface area contributed by atoms with Crippen molar-refractivity contribution in [3.05, 3.63) is 41.2 Å². The van der Waals surface area contributed by atoms with Gasteiger partial charge in [-0.1, -0.05) is 30.7 Å². The number of rotatable bonds is 6. The fourth-order valence-electron chi connectivity index (χ4n) is 1.53. The summed E-state index contributed by atoms with van der Waals surface area (Å²) in [7, 11) is 0. The molecule has 104 valence electrons. The van der Waals surface area contributed by atoms with Gasteiger partial charge < -0.3 is 0 Å². The number of nitrogens with one attached hydrogen (secondary N) is 1. The molecule has 1 N–H and O–H groups in total. The number of hydrogen-bond acceptors (Lipinski definition) is 5. The summed E-state index contributed by atoms with van der Waals surface area (Å²) in [5.41, 5.74) is 0.878. The lowest BCUT2D eigenvalue weighted by Crippen LogP contribution is -2.07. The standard InChI is InChI=1S/C14H16N4OS/c1-2-3-6-13-17-18-14(20-13)16-12(19)8-7-11-5-4-9-15-10-11/h4-5,7-10H,2-3,6H2,1H3,(H,16,18,19)/b8-7+. The van der Waals surface area contributed by atoms with Gasteiger partial charge in [0.25, 0.3) is 0 Å². The van der Waals surface area contributed by atoms with Crippen LogP contribution in [-0.4, -0.2) is 21.1 Å². The summed E-state index contributed by atoms with van der Waals surface area (Å²) < 4.78 is 0. The first-order chi connectivity index (χ1) is 9.78. The minimum absolute atomic E-state index is 0.216. The molecule has 2 rings (SSSR count). The van der Waals surface area contributed by atoms with Crippen molar-refractivity contribution in [2.75, 3.05) is 5.32 Å². The average molecular weight is 288 g/mol. The van der Waals surface area contributed by atoms with Gasteiger partial charge >= 0.3 is 0 Å². The number of pyridine rings is 1. The lowest BCUT2D eigenvalue weighted by Gasteiger charge is -1.94. The van der Waals surface area contributed by atoms with E-state index in [-0.39, 0.29) is 5.91 Å². The predicted octanol–water partition coefficient (Wildman–Crippen LogP) is 2.93. The monoisotopic (exact) mass is 288 g/mol. The van der Waals surface area contributed by atoms with Crippen LogP contribution in [0.2, 0.25) is 0 Å². The number of aryl methyl sites for hydroxylation is 1. The van der Waals surface area contributed by atoms with Crippen LogP contribution in [0.4, 0.5) is 5.13 Å². The van der Waals surface area contributed by atoms with Gasteiger partial charge in [0.05, 0.1) is 0 Å². The molecule has 0 aliphatic heterocycles. The van der Waals surface area contributed by atoms with Crippen molar-refractivity contribution in [3.63, 3.8) is 0 Å². The lowest BCUT2D eigenvalue weighted by molar-refractivity contribution is -0.111. The highest BCUT2D eigenvalue weighted by atomic mass is 32.1. The fourth-order valence-corrected chi connectivity index (χ4v) is 2.31.